The number of hydrogen-bond donors (Lipinski definition) is 2. The van der Waals surface area contributed by atoms with Crippen LogP contribution in [0.3, 0.4) is 0 Å². The Kier molecular flexibility index (Phi) is 6.57. The number of halogens is 1. The van der Waals surface area contributed by atoms with Crippen molar-refractivity contribution in [2.45, 2.75) is 13.1 Å². The summed E-state index contributed by atoms with van der Waals surface area (Å²) in [5, 5.41) is 5.84. The minimum atomic E-state index is -0.272. The van der Waals surface area contributed by atoms with Gasteiger partial charge in [-0.3, -0.25) is 4.79 Å². The molecule has 5 nitrogen and oxygen atoms in total. The lowest BCUT2D eigenvalue weighted by Crippen LogP contribution is -2.33. The normalized spacial score (nSPS) is 10.3. The lowest BCUT2D eigenvalue weighted by atomic mass is 10.2. The summed E-state index contributed by atoms with van der Waals surface area (Å²) in [5.41, 5.74) is 1.84. The van der Waals surface area contributed by atoms with Gasteiger partial charge < -0.3 is 20.1 Å². The zero-order valence-corrected chi connectivity index (χ0v) is 13.8. The standard InChI is InChI=1S/C18H21FN2O3/c1-23-16-8-5-14(9-17(16)24-2)11-21-18(22)12-20-10-13-3-6-15(19)7-4-13/h3-9,20H,10-12H2,1-2H3,(H,21,22). The van der Waals surface area contributed by atoms with Crippen LogP contribution in [0.1, 0.15) is 11.1 Å². The molecule has 0 atom stereocenters. The zero-order valence-electron chi connectivity index (χ0n) is 13.8. The Labute approximate surface area is 140 Å². The van der Waals surface area contributed by atoms with Crippen molar-refractivity contribution in [1.82, 2.24) is 10.6 Å². The molecule has 0 aliphatic heterocycles. The van der Waals surface area contributed by atoms with Gasteiger partial charge in [0.2, 0.25) is 5.91 Å². The molecular formula is C18H21FN2O3. The summed E-state index contributed by atoms with van der Waals surface area (Å²) >= 11 is 0. The summed E-state index contributed by atoms with van der Waals surface area (Å²) in [5.74, 6) is 0.880. The number of nitrogens with one attached hydrogen (secondary N) is 2. The highest BCUT2D eigenvalue weighted by Gasteiger charge is 2.06. The fraction of sp³-hybridized carbons (Fsp3) is 0.278. The minimum Gasteiger partial charge on any atom is -0.493 e. The molecule has 0 spiro atoms. The molecule has 0 aliphatic carbocycles. The van der Waals surface area contributed by atoms with Crippen LogP contribution >= 0.6 is 0 Å². The molecule has 128 valence electrons. The Morgan fingerprint density at radius 2 is 1.62 bits per heavy atom. The number of carbonyl (C=O) groups is 1. The largest absolute Gasteiger partial charge is 0.493 e. The summed E-state index contributed by atoms with van der Waals surface area (Å²) in [7, 11) is 3.14. The molecule has 1 amide bonds. The Balaban J connectivity index is 1.75. The third-order valence-corrected chi connectivity index (χ3v) is 3.47. The van der Waals surface area contributed by atoms with Crippen molar-refractivity contribution in [3.63, 3.8) is 0 Å². The molecule has 0 saturated heterocycles. The van der Waals surface area contributed by atoms with Crippen LogP contribution in [0.15, 0.2) is 42.5 Å². The van der Waals surface area contributed by atoms with Crippen LogP contribution in [-0.2, 0) is 17.9 Å². The van der Waals surface area contributed by atoms with Crippen molar-refractivity contribution < 1.29 is 18.7 Å². The first kappa shape index (κ1) is 17.7. The van der Waals surface area contributed by atoms with Crippen LogP contribution in [0.5, 0.6) is 11.5 Å². The smallest absolute Gasteiger partial charge is 0.234 e. The van der Waals surface area contributed by atoms with E-state index in [2.05, 4.69) is 10.6 Å². The summed E-state index contributed by atoms with van der Waals surface area (Å²) in [6, 6.07) is 11.7. The van der Waals surface area contributed by atoms with E-state index in [1.54, 1.807) is 32.4 Å². The van der Waals surface area contributed by atoms with Gasteiger partial charge >= 0.3 is 0 Å². The second-order valence-electron chi connectivity index (χ2n) is 5.20. The molecule has 0 radical (unpaired) electrons. The van der Waals surface area contributed by atoms with E-state index in [0.29, 0.717) is 24.6 Å². The van der Waals surface area contributed by atoms with Crippen LogP contribution in [0.25, 0.3) is 0 Å². The van der Waals surface area contributed by atoms with Crippen molar-refractivity contribution in [2.24, 2.45) is 0 Å². The van der Waals surface area contributed by atoms with Crippen LogP contribution in [0.4, 0.5) is 4.39 Å². The fourth-order valence-electron chi connectivity index (χ4n) is 2.18. The number of methoxy groups -OCH3 is 2. The second kappa shape index (κ2) is 8.88. The van der Waals surface area contributed by atoms with Crippen molar-refractivity contribution in [1.29, 1.82) is 0 Å². The molecule has 2 aromatic rings. The topological polar surface area (TPSA) is 59.6 Å². The highest BCUT2D eigenvalue weighted by Crippen LogP contribution is 2.27. The first-order chi connectivity index (χ1) is 11.6. The molecule has 0 unspecified atom stereocenters. The van der Waals surface area contributed by atoms with E-state index in [0.717, 1.165) is 11.1 Å². The van der Waals surface area contributed by atoms with E-state index in [4.69, 9.17) is 9.47 Å². The molecule has 0 bridgehead atoms. The number of rotatable bonds is 8. The van der Waals surface area contributed by atoms with Gasteiger partial charge in [-0.2, -0.15) is 0 Å². The molecule has 2 rings (SSSR count). The highest BCUT2D eigenvalue weighted by atomic mass is 19.1. The average molecular weight is 332 g/mol. The molecule has 2 N–H and O–H groups in total. The van der Waals surface area contributed by atoms with Gasteiger partial charge in [0.1, 0.15) is 5.82 Å². The van der Waals surface area contributed by atoms with Crippen LogP contribution in [0, 0.1) is 5.82 Å². The highest BCUT2D eigenvalue weighted by molar-refractivity contribution is 5.78. The van der Waals surface area contributed by atoms with Gasteiger partial charge in [-0.1, -0.05) is 18.2 Å². The van der Waals surface area contributed by atoms with Crippen molar-refractivity contribution in [3.05, 3.63) is 59.4 Å². The fourth-order valence-corrected chi connectivity index (χ4v) is 2.18. The molecule has 0 saturated carbocycles. The van der Waals surface area contributed by atoms with Gasteiger partial charge in [0.05, 0.1) is 20.8 Å². The maximum Gasteiger partial charge on any atom is 0.234 e. The average Bonchev–Trinajstić information content (AvgIpc) is 2.61. The van der Waals surface area contributed by atoms with E-state index in [-0.39, 0.29) is 18.3 Å². The Morgan fingerprint density at radius 3 is 2.29 bits per heavy atom. The lowest BCUT2D eigenvalue weighted by molar-refractivity contribution is -0.120. The SMILES string of the molecule is COc1ccc(CNC(=O)CNCc2ccc(F)cc2)cc1OC. The molecule has 0 fully saturated rings. The maximum atomic E-state index is 12.8. The van der Waals surface area contributed by atoms with Gasteiger partial charge in [0.25, 0.3) is 0 Å². The van der Waals surface area contributed by atoms with Crippen LogP contribution in [0.2, 0.25) is 0 Å². The predicted molar refractivity (Wildman–Crippen MR) is 89.5 cm³/mol. The molecule has 0 aliphatic rings. The molecule has 0 heterocycles. The van der Waals surface area contributed by atoms with Crippen LogP contribution < -0.4 is 20.1 Å². The Bertz CT molecular complexity index is 674. The minimum absolute atomic E-state index is 0.119. The lowest BCUT2D eigenvalue weighted by Gasteiger charge is -2.10. The molecule has 0 aromatic heterocycles. The van der Waals surface area contributed by atoms with E-state index in [9.17, 15) is 9.18 Å². The van der Waals surface area contributed by atoms with Crippen LogP contribution in [-0.4, -0.2) is 26.7 Å². The number of hydrogen-bond acceptors (Lipinski definition) is 4. The number of amides is 1. The molecule has 2 aromatic carbocycles. The monoisotopic (exact) mass is 332 g/mol. The number of benzene rings is 2. The van der Waals surface area contributed by atoms with Gasteiger partial charge in [0, 0.05) is 13.1 Å². The third-order valence-electron chi connectivity index (χ3n) is 3.47. The van der Waals surface area contributed by atoms with Gasteiger partial charge in [-0.25, -0.2) is 4.39 Å². The van der Waals surface area contributed by atoms with E-state index >= 15 is 0 Å². The summed E-state index contributed by atoms with van der Waals surface area (Å²) < 4.78 is 23.2. The summed E-state index contributed by atoms with van der Waals surface area (Å²) in [4.78, 5) is 11.8. The van der Waals surface area contributed by atoms with E-state index in [1.165, 1.54) is 12.1 Å². The second-order valence-corrected chi connectivity index (χ2v) is 5.20. The van der Waals surface area contributed by atoms with Crippen molar-refractivity contribution in [2.75, 3.05) is 20.8 Å². The quantitative estimate of drug-likeness (QED) is 0.778. The van der Waals surface area contributed by atoms with Gasteiger partial charge in [-0.15, -0.1) is 0 Å². The summed E-state index contributed by atoms with van der Waals surface area (Å²) in [6.45, 7) is 1.09. The van der Waals surface area contributed by atoms with E-state index in [1.807, 2.05) is 12.1 Å². The van der Waals surface area contributed by atoms with Gasteiger partial charge in [-0.05, 0) is 35.4 Å². The predicted octanol–water partition coefficient (Wildman–Crippen LogP) is 2.25. The first-order valence-corrected chi connectivity index (χ1v) is 7.55. The van der Waals surface area contributed by atoms with Gasteiger partial charge in [0.15, 0.2) is 11.5 Å². The van der Waals surface area contributed by atoms with E-state index < -0.39 is 0 Å². The van der Waals surface area contributed by atoms with Crippen molar-refractivity contribution in [3.8, 4) is 11.5 Å². The Morgan fingerprint density at radius 1 is 0.958 bits per heavy atom. The molecule has 24 heavy (non-hydrogen) atoms. The summed E-state index contributed by atoms with van der Waals surface area (Å²) in [6.07, 6.45) is 0. The third kappa shape index (κ3) is 5.24. The Hall–Kier alpha value is -2.60. The first-order valence-electron chi connectivity index (χ1n) is 7.55. The van der Waals surface area contributed by atoms with Crippen molar-refractivity contribution >= 4 is 5.91 Å². The zero-order chi connectivity index (χ0) is 17.4. The number of carbonyl (C=O) groups excluding carboxylic acids is 1. The number of ether oxygens (including phenoxy) is 2. The molecule has 6 heteroatoms. The molecular weight excluding hydrogens is 311 g/mol. The maximum absolute atomic E-state index is 12.8.